The summed E-state index contributed by atoms with van der Waals surface area (Å²) in [7, 11) is 3.60. The summed E-state index contributed by atoms with van der Waals surface area (Å²) in [6, 6.07) is 9.20. The fourth-order valence-electron chi connectivity index (χ4n) is 5.77. The van der Waals surface area contributed by atoms with E-state index in [9.17, 15) is 14.4 Å². The minimum atomic E-state index is -1.68. The Labute approximate surface area is 199 Å². The van der Waals surface area contributed by atoms with E-state index in [0.29, 0.717) is 11.4 Å². The van der Waals surface area contributed by atoms with Crippen molar-refractivity contribution in [3.8, 4) is 0 Å². The normalized spacial score (nSPS) is 29.5. The lowest BCUT2D eigenvalue weighted by Gasteiger charge is -2.60. The molecular weight excluding hydrogens is 436 g/mol. The molecule has 4 atom stereocenters. The largest absolute Gasteiger partial charge is 0.465 e. The van der Waals surface area contributed by atoms with Crippen LogP contribution in [0.25, 0.3) is 0 Å². The number of hydrogen-bond donors (Lipinski definition) is 0. The maximum atomic E-state index is 14.6. The van der Waals surface area contributed by atoms with E-state index in [1.807, 2.05) is 21.9 Å². The molecule has 0 amide bonds. The zero-order valence-electron chi connectivity index (χ0n) is 19.9. The molecule has 0 N–H and O–H groups in total. The van der Waals surface area contributed by atoms with Gasteiger partial charge in [-0.05, 0) is 52.2 Å². The van der Waals surface area contributed by atoms with E-state index in [2.05, 4.69) is 9.97 Å². The monoisotopic (exact) mass is 466 g/mol. The summed E-state index contributed by atoms with van der Waals surface area (Å²) < 4.78 is 11.0. The van der Waals surface area contributed by atoms with E-state index in [1.165, 1.54) is 0 Å². The molecule has 4 unspecified atom stereocenters. The van der Waals surface area contributed by atoms with Gasteiger partial charge in [0.15, 0.2) is 16.6 Å². The van der Waals surface area contributed by atoms with Crippen molar-refractivity contribution >= 4 is 17.7 Å². The Morgan fingerprint density at radius 1 is 0.882 bits per heavy atom. The van der Waals surface area contributed by atoms with Crippen molar-refractivity contribution in [3.05, 3.63) is 60.2 Å². The molecule has 2 saturated heterocycles. The maximum absolute atomic E-state index is 14.6. The molecule has 0 saturated carbocycles. The van der Waals surface area contributed by atoms with Gasteiger partial charge < -0.3 is 14.4 Å². The number of nitrogens with zero attached hydrogens (tertiary/aromatic N) is 4. The molecule has 0 aliphatic carbocycles. The van der Waals surface area contributed by atoms with E-state index < -0.39 is 40.6 Å². The lowest BCUT2D eigenvalue weighted by Crippen LogP contribution is -2.75. The quantitative estimate of drug-likeness (QED) is 0.466. The Morgan fingerprint density at radius 3 is 1.68 bits per heavy atom. The van der Waals surface area contributed by atoms with Crippen molar-refractivity contribution in [2.45, 2.75) is 25.9 Å². The minimum absolute atomic E-state index is 0.0896. The molecule has 2 fully saturated rings. The number of aromatic nitrogens is 2. The van der Waals surface area contributed by atoms with Crippen LogP contribution in [-0.4, -0.2) is 77.9 Å². The predicted molar refractivity (Wildman–Crippen MR) is 122 cm³/mol. The van der Waals surface area contributed by atoms with Gasteiger partial charge in [0.1, 0.15) is 0 Å². The highest BCUT2D eigenvalue weighted by atomic mass is 16.5. The van der Waals surface area contributed by atoms with Gasteiger partial charge in [0.05, 0.1) is 36.7 Å². The van der Waals surface area contributed by atoms with Crippen LogP contribution in [-0.2, 0) is 23.9 Å². The van der Waals surface area contributed by atoms with Crippen LogP contribution in [0, 0.1) is 10.8 Å². The third kappa shape index (κ3) is 3.42. The van der Waals surface area contributed by atoms with Crippen LogP contribution >= 0.6 is 0 Å². The SMILES string of the molecule is CCOC(=O)C12CN(C)CC(C(=O)OCC)(C1=O)C(c1ccccn1)N(C)C2c1ccccn1. The molecule has 0 aromatic carbocycles. The maximum Gasteiger partial charge on any atom is 0.323 e. The highest BCUT2D eigenvalue weighted by molar-refractivity contribution is 6.17. The van der Waals surface area contributed by atoms with Gasteiger partial charge in [0.2, 0.25) is 0 Å². The Hall–Kier alpha value is -3.17. The Bertz CT molecular complexity index is 984. The van der Waals surface area contributed by atoms with E-state index >= 15 is 0 Å². The lowest BCUT2D eigenvalue weighted by molar-refractivity contribution is -0.204. The first-order valence-corrected chi connectivity index (χ1v) is 11.5. The zero-order valence-corrected chi connectivity index (χ0v) is 19.9. The van der Waals surface area contributed by atoms with Crippen LogP contribution in [0.5, 0.6) is 0 Å². The van der Waals surface area contributed by atoms with E-state index in [4.69, 9.17) is 9.47 Å². The number of carbonyl (C=O) groups excluding carboxylic acids is 3. The highest BCUT2D eigenvalue weighted by Crippen LogP contribution is 2.59. The van der Waals surface area contributed by atoms with Crippen molar-refractivity contribution in [2.75, 3.05) is 40.4 Å². The van der Waals surface area contributed by atoms with E-state index in [0.717, 1.165) is 0 Å². The van der Waals surface area contributed by atoms with Crippen molar-refractivity contribution in [1.82, 2.24) is 19.8 Å². The molecule has 0 radical (unpaired) electrons. The van der Waals surface area contributed by atoms with Crippen molar-refractivity contribution in [2.24, 2.45) is 10.8 Å². The van der Waals surface area contributed by atoms with Gasteiger partial charge in [-0.3, -0.25) is 29.3 Å². The standard InChI is InChI=1S/C25H30N4O5/c1-5-33-22(31)24-15-28(3)16-25(21(24)30,23(32)34-6-2)20(18-12-8-10-14-27-18)29(4)19(24)17-11-7-9-13-26-17/h7-14,19-20H,5-6,15-16H2,1-4H3. The minimum Gasteiger partial charge on any atom is -0.465 e. The van der Waals surface area contributed by atoms with Crippen LogP contribution in [0.1, 0.15) is 37.3 Å². The number of likely N-dealkylation sites (tertiary alicyclic amines) is 2. The number of piperidine rings is 2. The lowest BCUT2D eigenvalue weighted by atomic mass is 9.54. The predicted octanol–water partition coefficient (Wildman–Crippen LogP) is 1.82. The molecule has 2 aromatic heterocycles. The summed E-state index contributed by atoms with van der Waals surface area (Å²) in [5.74, 6) is -1.83. The Balaban J connectivity index is 2.05. The fraction of sp³-hybridized carbons (Fsp3) is 0.480. The zero-order chi connectivity index (χ0) is 24.5. The van der Waals surface area contributed by atoms with E-state index in [-0.39, 0.29) is 26.3 Å². The smallest absolute Gasteiger partial charge is 0.323 e. The molecule has 0 spiro atoms. The first kappa shape index (κ1) is 24.0. The summed E-state index contributed by atoms with van der Waals surface area (Å²) in [6.07, 6.45) is 3.25. The summed E-state index contributed by atoms with van der Waals surface area (Å²) in [4.78, 5) is 54.8. The van der Waals surface area contributed by atoms with Gasteiger partial charge in [-0.25, -0.2) is 0 Å². The van der Waals surface area contributed by atoms with Gasteiger partial charge in [0, 0.05) is 25.5 Å². The average molecular weight is 467 g/mol. The summed E-state index contributed by atoms with van der Waals surface area (Å²) in [5, 5.41) is 0. The van der Waals surface area contributed by atoms with Crippen LogP contribution in [0.15, 0.2) is 48.8 Å². The molecule has 2 bridgehead atoms. The third-order valence-electron chi connectivity index (χ3n) is 6.81. The fourth-order valence-corrected chi connectivity index (χ4v) is 5.77. The molecular formula is C25H30N4O5. The van der Waals surface area contributed by atoms with Crippen LogP contribution in [0.3, 0.4) is 0 Å². The molecule has 9 nitrogen and oxygen atoms in total. The van der Waals surface area contributed by atoms with Gasteiger partial charge in [-0.2, -0.15) is 0 Å². The number of ketones is 1. The number of ether oxygens (including phenoxy) is 2. The van der Waals surface area contributed by atoms with Crippen LogP contribution in [0.2, 0.25) is 0 Å². The van der Waals surface area contributed by atoms with Gasteiger partial charge in [0.25, 0.3) is 0 Å². The summed E-state index contributed by atoms with van der Waals surface area (Å²) >= 11 is 0. The van der Waals surface area contributed by atoms with Gasteiger partial charge >= 0.3 is 11.9 Å². The topological polar surface area (TPSA) is 102 Å². The first-order chi connectivity index (χ1) is 16.3. The molecule has 4 heterocycles. The highest BCUT2D eigenvalue weighted by Gasteiger charge is 2.75. The third-order valence-corrected chi connectivity index (χ3v) is 6.81. The second-order valence-corrected chi connectivity index (χ2v) is 8.86. The molecule has 9 heteroatoms. The van der Waals surface area contributed by atoms with Crippen LogP contribution < -0.4 is 0 Å². The second kappa shape index (κ2) is 9.23. The van der Waals surface area contributed by atoms with Crippen LogP contribution in [0.4, 0.5) is 0 Å². The number of hydrogen-bond acceptors (Lipinski definition) is 9. The number of esters is 2. The molecule has 34 heavy (non-hydrogen) atoms. The average Bonchev–Trinajstić information content (AvgIpc) is 2.82. The second-order valence-electron chi connectivity index (χ2n) is 8.86. The Kier molecular flexibility index (Phi) is 6.51. The first-order valence-electron chi connectivity index (χ1n) is 11.5. The van der Waals surface area contributed by atoms with Crippen molar-refractivity contribution in [1.29, 1.82) is 0 Å². The summed E-state index contributed by atoms with van der Waals surface area (Å²) in [5.41, 5.74) is -2.27. The number of rotatable bonds is 6. The van der Waals surface area contributed by atoms with Gasteiger partial charge in [-0.1, -0.05) is 12.1 Å². The van der Waals surface area contributed by atoms with E-state index in [1.54, 1.807) is 64.6 Å². The van der Waals surface area contributed by atoms with Gasteiger partial charge in [-0.15, -0.1) is 0 Å². The van der Waals surface area contributed by atoms with Crippen molar-refractivity contribution < 1.29 is 23.9 Å². The molecule has 4 rings (SSSR count). The number of carbonyl (C=O) groups is 3. The number of pyridine rings is 2. The van der Waals surface area contributed by atoms with Crippen molar-refractivity contribution in [3.63, 3.8) is 0 Å². The summed E-state index contributed by atoms with van der Waals surface area (Å²) in [6.45, 7) is 3.78. The molecule has 2 aliphatic heterocycles. The molecule has 2 aromatic rings. The number of fused-ring (bicyclic) bond motifs is 2. The number of Topliss-reactive ketones (excluding diaryl/α,β-unsaturated/α-hetero) is 1. The molecule has 180 valence electrons. The Morgan fingerprint density at radius 2 is 1.32 bits per heavy atom. The molecule has 2 aliphatic rings.